The van der Waals surface area contributed by atoms with E-state index in [-0.39, 0.29) is 13.0 Å². The van der Waals surface area contributed by atoms with E-state index in [2.05, 4.69) is 5.32 Å². The predicted molar refractivity (Wildman–Crippen MR) is 72.4 cm³/mol. The van der Waals surface area contributed by atoms with Crippen LogP contribution in [0.3, 0.4) is 0 Å². The van der Waals surface area contributed by atoms with E-state index in [1.807, 2.05) is 30.3 Å². The van der Waals surface area contributed by atoms with Gasteiger partial charge in [-0.25, -0.2) is 4.79 Å². The first-order valence-corrected chi connectivity index (χ1v) is 6.26. The number of ether oxygens (including phenoxy) is 2. The van der Waals surface area contributed by atoms with Gasteiger partial charge in [-0.15, -0.1) is 0 Å². The van der Waals surface area contributed by atoms with E-state index in [0.29, 0.717) is 13.2 Å². The normalized spacial score (nSPS) is 11.8. The number of benzene rings is 1. The average Bonchev–Trinajstić information content (AvgIpc) is 2.44. The first-order chi connectivity index (χ1) is 9.63. The Morgan fingerprint density at radius 1 is 1.25 bits per heavy atom. The Labute approximate surface area is 117 Å². The number of rotatable bonds is 9. The fourth-order valence-corrected chi connectivity index (χ4v) is 1.59. The molecule has 0 aromatic heterocycles. The number of carboxylic acids is 1. The molecule has 0 fully saturated rings. The van der Waals surface area contributed by atoms with E-state index in [1.54, 1.807) is 0 Å². The summed E-state index contributed by atoms with van der Waals surface area (Å²) in [4.78, 5) is 22.7. The number of hydrogen-bond donors (Lipinski definition) is 2. The van der Waals surface area contributed by atoms with Crippen molar-refractivity contribution in [2.45, 2.75) is 12.5 Å². The third-order valence-electron chi connectivity index (χ3n) is 2.58. The van der Waals surface area contributed by atoms with E-state index in [9.17, 15) is 9.59 Å². The maximum atomic E-state index is 11.6. The van der Waals surface area contributed by atoms with Crippen LogP contribution in [0.1, 0.15) is 5.56 Å². The molecule has 0 unspecified atom stereocenters. The van der Waals surface area contributed by atoms with Gasteiger partial charge in [-0.3, -0.25) is 4.79 Å². The van der Waals surface area contributed by atoms with E-state index in [0.717, 1.165) is 5.56 Å². The summed E-state index contributed by atoms with van der Waals surface area (Å²) in [6.45, 7) is 0.502. The van der Waals surface area contributed by atoms with Crippen LogP contribution >= 0.6 is 0 Å². The molecule has 1 atom stereocenters. The van der Waals surface area contributed by atoms with Crippen LogP contribution in [0, 0.1) is 0 Å². The Kier molecular flexibility index (Phi) is 7.31. The zero-order chi connectivity index (χ0) is 14.8. The van der Waals surface area contributed by atoms with E-state index >= 15 is 0 Å². The number of nitrogens with one attached hydrogen (secondary N) is 1. The van der Waals surface area contributed by atoms with Gasteiger partial charge in [0.1, 0.15) is 12.6 Å². The summed E-state index contributed by atoms with van der Waals surface area (Å²) < 4.78 is 9.81. The molecule has 0 aliphatic rings. The number of carbonyl (C=O) groups is 2. The molecule has 1 rings (SSSR count). The zero-order valence-electron chi connectivity index (χ0n) is 11.4. The molecule has 0 bridgehead atoms. The first-order valence-electron chi connectivity index (χ1n) is 6.26. The first kappa shape index (κ1) is 16.1. The summed E-state index contributed by atoms with van der Waals surface area (Å²) in [6.07, 6.45) is 0.236. The van der Waals surface area contributed by atoms with Gasteiger partial charge in [0.15, 0.2) is 0 Å². The lowest BCUT2D eigenvalue weighted by atomic mass is 10.1. The van der Waals surface area contributed by atoms with Gasteiger partial charge in [-0.2, -0.15) is 0 Å². The molecular weight excluding hydrogens is 262 g/mol. The molecule has 110 valence electrons. The van der Waals surface area contributed by atoms with Crippen molar-refractivity contribution in [1.29, 1.82) is 0 Å². The second kappa shape index (κ2) is 9.06. The molecule has 0 aliphatic heterocycles. The maximum Gasteiger partial charge on any atom is 0.326 e. The monoisotopic (exact) mass is 281 g/mol. The van der Waals surface area contributed by atoms with Crippen molar-refractivity contribution >= 4 is 11.9 Å². The molecule has 0 radical (unpaired) electrons. The Morgan fingerprint density at radius 2 is 1.95 bits per heavy atom. The van der Waals surface area contributed by atoms with Gasteiger partial charge in [0.05, 0.1) is 13.2 Å². The molecule has 0 heterocycles. The van der Waals surface area contributed by atoms with Gasteiger partial charge in [-0.1, -0.05) is 30.3 Å². The fourth-order valence-electron chi connectivity index (χ4n) is 1.59. The van der Waals surface area contributed by atoms with Crippen LogP contribution in [0.4, 0.5) is 0 Å². The summed E-state index contributed by atoms with van der Waals surface area (Å²) >= 11 is 0. The molecule has 6 nitrogen and oxygen atoms in total. The van der Waals surface area contributed by atoms with Crippen molar-refractivity contribution in [3.05, 3.63) is 35.9 Å². The van der Waals surface area contributed by atoms with Gasteiger partial charge >= 0.3 is 5.97 Å². The van der Waals surface area contributed by atoms with E-state index < -0.39 is 17.9 Å². The van der Waals surface area contributed by atoms with Crippen LogP contribution in [0.25, 0.3) is 0 Å². The lowest BCUT2D eigenvalue weighted by Gasteiger charge is -2.14. The number of carboxylic acid groups (broad SMARTS) is 1. The van der Waals surface area contributed by atoms with Gasteiger partial charge in [0, 0.05) is 13.5 Å². The van der Waals surface area contributed by atoms with Crippen LogP contribution in [-0.2, 0) is 25.5 Å². The lowest BCUT2D eigenvalue weighted by molar-refractivity contribution is -0.142. The third-order valence-corrected chi connectivity index (χ3v) is 2.58. The van der Waals surface area contributed by atoms with Crippen LogP contribution < -0.4 is 5.32 Å². The molecule has 6 heteroatoms. The topological polar surface area (TPSA) is 84.9 Å². The largest absolute Gasteiger partial charge is 0.480 e. The van der Waals surface area contributed by atoms with Gasteiger partial charge < -0.3 is 19.9 Å². The standard InChI is InChI=1S/C14H19NO5/c1-19-7-8-20-10-13(16)15-12(14(17)18)9-11-5-3-2-4-6-11/h2-6,12H,7-10H2,1H3,(H,15,16)(H,17,18)/t12-/m1/s1. The molecule has 0 aliphatic carbocycles. The fraction of sp³-hybridized carbons (Fsp3) is 0.429. The SMILES string of the molecule is COCCOCC(=O)N[C@H](Cc1ccccc1)C(=O)O. The second-order valence-electron chi connectivity index (χ2n) is 4.19. The lowest BCUT2D eigenvalue weighted by Crippen LogP contribution is -2.44. The molecule has 1 aromatic rings. The van der Waals surface area contributed by atoms with Gasteiger partial charge in [0.2, 0.25) is 5.91 Å². The second-order valence-corrected chi connectivity index (χ2v) is 4.19. The Bertz CT molecular complexity index is 421. The van der Waals surface area contributed by atoms with Crippen LogP contribution in [0.5, 0.6) is 0 Å². The zero-order valence-corrected chi connectivity index (χ0v) is 11.4. The van der Waals surface area contributed by atoms with Crippen molar-refractivity contribution in [2.75, 3.05) is 26.9 Å². The van der Waals surface area contributed by atoms with Crippen molar-refractivity contribution in [3.8, 4) is 0 Å². The predicted octanol–water partition coefficient (Wildman–Crippen LogP) is 0.461. The number of amides is 1. The van der Waals surface area contributed by atoms with Crippen molar-refractivity contribution in [1.82, 2.24) is 5.32 Å². The molecular formula is C14H19NO5. The molecule has 0 spiro atoms. The minimum Gasteiger partial charge on any atom is -0.480 e. The summed E-state index contributed by atoms with van der Waals surface area (Å²) in [7, 11) is 1.53. The summed E-state index contributed by atoms with van der Waals surface area (Å²) in [6, 6.07) is 8.17. The number of methoxy groups -OCH3 is 1. The highest BCUT2D eigenvalue weighted by atomic mass is 16.5. The molecule has 1 aromatic carbocycles. The summed E-state index contributed by atoms with van der Waals surface area (Å²) in [5, 5.41) is 11.6. The molecule has 1 amide bonds. The van der Waals surface area contributed by atoms with Gasteiger partial charge in [0.25, 0.3) is 0 Å². The van der Waals surface area contributed by atoms with Crippen LogP contribution in [0.15, 0.2) is 30.3 Å². The van der Waals surface area contributed by atoms with Gasteiger partial charge in [-0.05, 0) is 5.56 Å². The van der Waals surface area contributed by atoms with Crippen molar-refractivity contribution < 1.29 is 24.2 Å². The van der Waals surface area contributed by atoms with Crippen LogP contribution in [0.2, 0.25) is 0 Å². The summed E-state index contributed by atoms with van der Waals surface area (Å²) in [5.41, 5.74) is 0.848. The minimum atomic E-state index is -1.07. The van der Waals surface area contributed by atoms with Crippen LogP contribution in [-0.4, -0.2) is 50.0 Å². The maximum absolute atomic E-state index is 11.6. The molecule has 0 saturated heterocycles. The minimum absolute atomic E-state index is 0.179. The number of carbonyl (C=O) groups excluding carboxylic acids is 1. The average molecular weight is 281 g/mol. The smallest absolute Gasteiger partial charge is 0.326 e. The molecule has 0 saturated carbocycles. The highest BCUT2D eigenvalue weighted by Crippen LogP contribution is 2.03. The molecule has 20 heavy (non-hydrogen) atoms. The number of aliphatic carboxylic acids is 1. The number of hydrogen-bond acceptors (Lipinski definition) is 4. The highest BCUT2D eigenvalue weighted by Gasteiger charge is 2.20. The quantitative estimate of drug-likeness (QED) is 0.642. The van der Waals surface area contributed by atoms with Crippen molar-refractivity contribution in [3.63, 3.8) is 0 Å². The third kappa shape index (κ3) is 6.31. The Balaban J connectivity index is 2.43. The molecule has 2 N–H and O–H groups in total. The van der Waals surface area contributed by atoms with Crippen molar-refractivity contribution in [2.24, 2.45) is 0 Å². The van der Waals surface area contributed by atoms with E-state index in [4.69, 9.17) is 14.6 Å². The summed E-state index contributed by atoms with van der Waals surface area (Å²) in [5.74, 6) is -1.52. The Hall–Kier alpha value is -1.92. The highest BCUT2D eigenvalue weighted by molar-refractivity contribution is 5.84. The Morgan fingerprint density at radius 3 is 2.55 bits per heavy atom. The van der Waals surface area contributed by atoms with E-state index in [1.165, 1.54) is 7.11 Å².